The highest BCUT2D eigenvalue weighted by molar-refractivity contribution is 14.1. The van der Waals surface area contributed by atoms with Gasteiger partial charge in [-0.3, -0.25) is 4.99 Å². The number of hydrogen-bond donors (Lipinski definition) is 1. The predicted octanol–water partition coefficient (Wildman–Crippen LogP) is 5.54. The van der Waals surface area contributed by atoms with Gasteiger partial charge in [0.2, 0.25) is 0 Å². The van der Waals surface area contributed by atoms with E-state index >= 15 is 0 Å². The van der Waals surface area contributed by atoms with Gasteiger partial charge in [-0.2, -0.15) is 13.2 Å². The molecule has 0 heterocycles. The Balaban J connectivity index is 2.56. The lowest BCUT2D eigenvalue weighted by Gasteiger charge is -2.13. The fourth-order valence-electron chi connectivity index (χ4n) is 2.17. The molecule has 2 aromatic rings. The third-order valence-corrected chi connectivity index (χ3v) is 4.13. The maximum absolute atomic E-state index is 13.2. The number of aliphatic hydroxyl groups is 1. The molecule has 142 valence electrons. The molecule has 0 unspecified atom stereocenters. The van der Waals surface area contributed by atoms with Crippen molar-refractivity contribution in [2.75, 3.05) is 6.61 Å². The zero-order valence-corrected chi connectivity index (χ0v) is 16.3. The molecule has 0 saturated carbocycles. The molecule has 0 aliphatic heterocycles. The molecule has 0 radical (unpaired) electrons. The number of esters is 1. The van der Waals surface area contributed by atoms with Crippen LogP contribution in [0.5, 0.6) is 0 Å². The monoisotopic (exact) mass is 489 g/mol. The second-order valence-electron chi connectivity index (χ2n) is 5.26. The second kappa shape index (κ2) is 9.03. The fraction of sp³-hybridized carbons (Fsp3) is 0.158. The van der Waals surface area contributed by atoms with Gasteiger partial charge in [-0.1, -0.05) is 18.2 Å². The molecule has 8 heteroatoms. The van der Waals surface area contributed by atoms with Crippen molar-refractivity contribution in [3.63, 3.8) is 0 Å². The molecule has 0 amide bonds. The molecule has 4 nitrogen and oxygen atoms in total. The van der Waals surface area contributed by atoms with Crippen molar-refractivity contribution in [1.29, 1.82) is 0 Å². The van der Waals surface area contributed by atoms with Gasteiger partial charge < -0.3 is 9.84 Å². The summed E-state index contributed by atoms with van der Waals surface area (Å²) in [4.78, 5) is 16.2. The number of rotatable bonds is 5. The molecule has 0 fully saturated rings. The Kier molecular flexibility index (Phi) is 7.00. The van der Waals surface area contributed by atoms with Crippen molar-refractivity contribution in [2.24, 2.45) is 4.99 Å². The minimum atomic E-state index is -4.70. The standard InChI is InChI=1S/C19H15F3INO3/c1-2-27-18(26)15(11-24-13-9-7-12(23)8-10-13)17(25)14-5-3-4-6-16(14)19(20,21)22/h3-11,25H,2H2,1H3. The lowest BCUT2D eigenvalue weighted by molar-refractivity contribution is -0.139. The Hall–Kier alpha value is -2.36. The molecule has 0 saturated heterocycles. The van der Waals surface area contributed by atoms with Crippen LogP contribution in [0.1, 0.15) is 18.1 Å². The molecule has 1 N–H and O–H groups in total. The van der Waals surface area contributed by atoms with E-state index < -0.39 is 34.6 Å². The number of aliphatic imine (C=N–C) groups is 1. The molecular formula is C19H15F3INO3. The molecule has 0 aliphatic carbocycles. The van der Waals surface area contributed by atoms with Crippen molar-refractivity contribution in [3.8, 4) is 0 Å². The second-order valence-corrected chi connectivity index (χ2v) is 6.51. The van der Waals surface area contributed by atoms with E-state index in [-0.39, 0.29) is 6.61 Å². The van der Waals surface area contributed by atoms with E-state index in [1.165, 1.54) is 12.1 Å². The van der Waals surface area contributed by atoms with Crippen molar-refractivity contribution in [2.45, 2.75) is 13.1 Å². The van der Waals surface area contributed by atoms with Crippen molar-refractivity contribution < 1.29 is 27.8 Å². The molecule has 0 spiro atoms. The van der Waals surface area contributed by atoms with Crippen LogP contribution >= 0.6 is 22.6 Å². The van der Waals surface area contributed by atoms with Gasteiger partial charge in [-0.05, 0) is 59.8 Å². The van der Waals surface area contributed by atoms with Gasteiger partial charge in [0.1, 0.15) is 11.3 Å². The number of carbonyl (C=O) groups is 1. The molecule has 0 aromatic heterocycles. The maximum atomic E-state index is 13.2. The number of benzene rings is 2. The fourth-order valence-corrected chi connectivity index (χ4v) is 2.53. The molecule has 27 heavy (non-hydrogen) atoms. The number of hydrogen-bond acceptors (Lipinski definition) is 4. The molecular weight excluding hydrogens is 474 g/mol. The van der Waals surface area contributed by atoms with E-state index in [2.05, 4.69) is 27.6 Å². The molecule has 0 aliphatic rings. The topological polar surface area (TPSA) is 58.9 Å². The van der Waals surface area contributed by atoms with E-state index in [0.717, 1.165) is 21.9 Å². The summed E-state index contributed by atoms with van der Waals surface area (Å²) < 4.78 is 45.5. The number of carbonyl (C=O) groups excluding carboxylic acids is 1. The molecule has 0 atom stereocenters. The minimum absolute atomic E-state index is 0.00605. The predicted molar refractivity (Wildman–Crippen MR) is 105 cm³/mol. The number of alkyl halides is 3. The van der Waals surface area contributed by atoms with Crippen LogP contribution in [-0.2, 0) is 15.7 Å². The van der Waals surface area contributed by atoms with Gasteiger partial charge in [-0.15, -0.1) is 0 Å². The Morgan fingerprint density at radius 1 is 1.19 bits per heavy atom. The lowest BCUT2D eigenvalue weighted by atomic mass is 10.0. The molecule has 0 bridgehead atoms. The minimum Gasteiger partial charge on any atom is -0.506 e. The highest BCUT2D eigenvalue weighted by Crippen LogP contribution is 2.35. The van der Waals surface area contributed by atoms with E-state index in [1.807, 2.05) is 0 Å². The summed E-state index contributed by atoms with van der Waals surface area (Å²) in [6, 6.07) is 11.3. The third kappa shape index (κ3) is 5.56. The first-order chi connectivity index (χ1) is 12.7. The smallest absolute Gasteiger partial charge is 0.417 e. The van der Waals surface area contributed by atoms with E-state index in [1.54, 1.807) is 31.2 Å². The first-order valence-corrected chi connectivity index (χ1v) is 8.88. The number of halogens is 4. The number of aliphatic hydroxyl groups excluding tert-OH is 1. The van der Waals surface area contributed by atoms with Crippen LogP contribution in [-0.4, -0.2) is 23.9 Å². The van der Waals surface area contributed by atoms with Crippen LogP contribution < -0.4 is 0 Å². The highest BCUT2D eigenvalue weighted by atomic mass is 127. The van der Waals surface area contributed by atoms with Crippen molar-refractivity contribution in [1.82, 2.24) is 0 Å². The van der Waals surface area contributed by atoms with Crippen molar-refractivity contribution in [3.05, 3.63) is 68.8 Å². The molecule has 2 rings (SSSR count). The Labute approximate surface area is 167 Å². The van der Waals surface area contributed by atoms with Gasteiger partial charge in [0.05, 0.1) is 17.9 Å². The van der Waals surface area contributed by atoms with Crippen molar-refractivity contribution >= 4 is 46.2 Å². The third-order valence-electron chi connectivity index (χ3n) is 3.41. The maximum Gasteiger partial charge on any atom is 0.417 e. The van der Waals surface area contributed by atoms with Crippen LogP contribution in [0, 0.1) is 3.57 Å². The summed E-state index contributed by atoms with van der Waals surface area (Å²) in [6.45, 7) is 1.54. The molecule has 2 aromatic carbocycles. The summed E-state index contributed by atoms with van der Waals surface area (Å²) in [6.07, 6.45) is -3.69. The Bertz CT molecular complexity index is 875. The van der Waals surface area contributed by atoms with Gasteiger partial charge >= 0.3 is 12.1 Å². The largest absolute Gasteiger partial charge is 0.506 e. The van der Waals surface area contributed by atoms with Crippen LogP contribution in [0.4, 0.5) is 18.9 Å². The van der Waals surface area contributed by atoms with Crippen LogP contribution in [0.15, 0.2) is 59.1 Å². The summed E-state index contributed by atoms with van der Waals surface area (Å²) in [5.74, 6) is -1.82. The highest BCUT2D eigenvalue weighted by Gasteiger charge is 2.35. The zero-order chi connectivity index (χ0) is 20.0. The Morgan fingerprint density at radius 3 is 2.41 bits per heavy atom. The lowest BCUT2D eigenvalue weighted by Crippen LogP contribution is -2.14. The van der Waals surface area contributed by atoms with Gasteiger partial charge in [0, 0.05) is 15.3 Å². The number of ether oxygens (including phenoxy) is 1. The van der Waals surface area contributed by atoms with Crippen LogP contribution in [0.2, 0.25) is 0 Å². The SMILES string of the molecule is CCOC(=O)C(C=Nc1ccc(I)cc1)=C(O)c1ccccc1C(F)(F)F. The van der Waals surface area contributed by atoms with Gasteiger partial charge in [0.25, 0.3) is 0 Å². The summed E-state index contributed by atoms with van der Waals surface area (Å²) >= 11 is 2.11. The summed E-state index contributed by atoms with van der Waals surface area (Å²) in [5.41, 5.74) is -1.59. The van der Waals surface area contributed by atoms with Gasteiger partial charge in [-0.25, -0.2) is 4.79 Å². The average Bonchev–Trinajstić information content (AvgIpc) is 2.63. The normalized spacial score (nSPS) is 12.8. The average molecular weight is 489 g/mol. The zero-order valence-electron chi connectivity index (χ0n) is 14.1. The first kappa shape index (κ1) is 20.9. The first-order valence-electron chi connectivity index (χ1n) is 7.80. The Morgan fingerprint density at radius 2 is 1.81 bits per heavy atom. The number of nitrogens with zero attached hydrogens (tertiary/aromatic N) is 1. The summed E-state index contributed by atoms with van der Waals surface area (Å²) in [5, 5.41) is 10.4. The van der Waals surface area contributed by atoms with E-state index in [0.29, 0.717) is 5.69 Å². The van der Waals surface area contributed by atoms with E-state index in [4.69, 9.17) is 4.74 Å². The van der Waals surface area contributed by atoms with E-state index in [9.17, 15) is 23.1 Å². The quantitative estimate of drug-likeness (QED) is 0.197. The van der Waals surface area contributed by atoms with Crippen LogP contribution in [0.25, 0.3) is 5.76 Å². The van der Waals surface area contributed by atoms with Crippen LogP contribution in [0.3, 0.4) is 0 Å². The summed E-state index contributed by atoms with van der Waals surface area (Å²) in [7, 11) is 0. The van der Waals surface area contributed by atoms with Gasteiger partial charge in [0.15, 0.2) is 0 Å².